The first-order chi connectivity index (χ1) is 12.5. The van der Waals surface area contributed by atoms with Gasteiger partial charge in [-0.25, -0.2) is 9.59 Å². The van der Waals surface area contributed by atoms with E-state index in [1.807, 2.05) is 18.2 Å². The van der Waals surface area contributed by atoms with Crippen LogP contribution in [0.3, 0.4) is 0 Å². The first kappa shape index (κ1) is 21.8. The van der Waals surface area contributed by atoms with E-state index < -0.39 is 5.97 Å². The molecule has 0 aliphatic heterocycles. The molecule has 26 heavy (non-hydrogen) atoms. The van der Waals surface area contributed by atoms with E-state index in [-0.39, 0.29) is 5.97 Å². The Labute approximate surface area is 160 Å². The quantitative estimate of drug-likeness (QED) is 0.354. The number of rotatable bonds is 10. The van der Waals surface area contributed by atoms with E-state index in [9.17, 15) is 9.59 Å². The Bertz CT molecular complexity index is 638. The van der Waals surface area contributed by atoms with Crippen LogP contribution in [0.2, 0.25) is 0 Å². The lowest BCUT2D eigenvalue weighted by atomic mass is 10.2. The number of likely N-dealkylation sites (N-methyl/N-ethyl adjacent to an activating group) is 1. The lowest BCUT2D eigenvalue weighted by Crippen LogP contribution is -2.21. The van der Waals surface area contributed by atoms with Crippen molar-refractivity contribution in [1.82, 2.24) is 4.90 Å². The molecule has 0 aliphatic rings. The van der Waals surface area contributed by atoms with Crippen molar-refractivity contribution < 1.29 is 19.1 Å². The van der Waals surface area contributed by atoms with E-state index in [1.165, 1.54) is 17.3 Å². The predicted octanol–water partition coefficient (Wildman–Crippen LogP) is 3.42. The molecule has 0 saturated carbocycles. The van der Waals surface area contributed by atoms with Gasteiger partial charge in [0.1, 0.15) is 5.70 Å². The molecule has 0 atom stereocenters. The molecule has 1 rings (SSSR count). The van der Waals surface area contributed by atoms with Gasteiger partial charge in [-0.15, -0.1) is 11.8 Å². The third-order valence-corrected chi connectivity index (χ3v) is 4.35. The molecule has 0 saturated heterocycles. The molecule has 1 aromatic carbocycles. The molecule has 6 heteroatoms. The van der Waals surface area contributed by atoms with Gasteiger partial charge in [-0.1, -0.05) is 30.3 Å². The third kappa shape index (κ3) is 7.78. The number of hydrogen-bond acceptors (Lipinski definition) is 6. The lowest BCUT2D eigenvalue weighted by Gasteiger charge is -2.15. The zero-order valence-electron chi connectivity index (χ0n) is 15.9. The molecule has 0 radical (unpaired) electrons. The number of hydrogen-bond donors (Lipinski definition) is 0. The normalized spacial score (nSPS) is 11.8. The summed E-state index contributed by atoms with van der Waals surface area (Å²) in [6, 6.07) is 10.1. The second-order valence-electron chi connectivity index (χ2n) is 5.50. The first-order valence-corrected chi connectivity index (χ1v) is 9.58. The molecule has 0 spiro atoms. The van der Waals surface area contributed by atoms with Gasteiger partial charge in [-0.2, -0.15) is 0 Å². The summed E-state index contributed by atoms with van der Waals surface area (Å²) in [4.78, 5) is 26.3. The van der Waals surface area contributed by atoms with Crippen LogP contribution < -0.4 is 0 Å². The van der Waals surface area contributed by atoms with Crippen molar-refractivity contribution in [2.45, 2.75) is 20.3 Å². The molecular formula is C20H27NO4S. The number of aryl methyl sites for hydroxylation is 1. The summed E-state index contributed by atoms with van der Waals surface area (Å²) >= 11 is 1.41. The number of allylic oxidation sites excluding steroid dienone is 2. The topological polar surface area (TPSA) is 55.8 Å². The van der Waals surface area contributed by atoms with Crippen molar-refractivity contribution in [3.05, 3.63) is 58.6 Å². The number of ether oxygens (including phenoxy) is 2. The largest absolute Gasteiger partial charge is 0.462 e. The molecule has 0 fully saturated rings. The average molecular weight is 378 g/mol. The summed E-state index contributed by atoms with van der Waals surface area (Å²) in [5, 5.41) is 0. The zero-order chi connectivity index (χ0) is 19.4. The molecule has 0 unspecified atom stereocenters. The molecule has 1 aromatic rings. The predicted molar refractivity (Wildman–Crippen MR) is 106 cm³/mol. The number of carbonyl (C=O) groups is 2. The van der Waals surface area contributed by atoms with E-state index in [4.69, 9.17) is 9.47 Å². The SMILES string of the molecule is CCOC(=O)C(=CC=C(C(=O)OCC)N(C)C)SCCc1ccccc1. The van der Waals surface area contributed by atoms with E-state index in [1.54, 1.807) is 45.0 Å². The van der Waals surface area contributed by atoms with Crippen LogP contribution in [0.4, 0.5) is 0 Å². The maximum absolute atomic E-state index is 12.2. The fourth-order valence-electron chi connectivity index (χ4n) is 2.06. The minimum atomic E-state index is -0.425. The Morgan fingerprint density at radius 3 is 2.19 bits per heavy atom. The Hall–Kier alpha value is -2.21. The fourth-order valence-corrected chi connectivity index (χ4v) is 2.96. The highest BCUT2D eigenvalue weighted by Gasteiger charge is 2.14. The van der Waals surface area contributed by atoms with Gasteiger partial charge in [0, 0.05) is 19.8 Å². The van der Waals surface area contributed by atoms with Crippen LogP contribution in [0.25, 0.3) is 0 Å². The van der Waals surface area contributed by atoms with Crippen molar-refractivity contribution in [3.63, 3.8) is 0 Å². The summed E-state index contributed by atoms with van der Waals surface area (Å²) in [6.07, 6.45) is 4.06. The summed E-state index contributed by atoms with van der Waals surface area (Å²) in [5.74, 6) is -0.0748. The molecule has 0 heterocycles. The zero-order valence-corrected chi connectivity index (χ0v) is 16.7. The summed E-state index contributed by atoms with van der Waals surface area (Å²) in [5.41, 5.74) is 1.58. The summed E-state index contributed by atoms with van der Waals surface area (Å²) in [7, 11) is 3.51. The van der Waals surface area contributed by atoms with E-state index >= 15 is 0 Å². The van der Waals surface area contributed by atoms with Crippen LogP contribution in [0, 0.1) is 0 Å². The summed E-state index contributed by atoms with van der Waals surface area (Å²) in [6.45, 7) is 4.12. The van der Waals surface area contributed by atoms with Gasteiger partial charge >= 0.3 is 11.9 Å². The Balaban J connectivity index is 2.89. The van der Waals surface area contributed by atoms with E-state index in [0.717, 1.165) is 12.2 Å². The average Bonchev–Trinajstić information content (AvgIpc) is 2.61. The van der Waals surface area contributed by atoms with Gasteiger partial charge in [-0.3, -0.25) is 0 Å². The molecule has 0 aromatic heterocycles. The minimum absolute atomic E-state index is 0.296. The monoisotopic (exact) mass is 377 g/mol. The maximum Gasteiger partial charge on any atom is 0.354 e. The van der Waals surface area contributed by atoms with E-state index in [0.29, 0.717) is 23.8 Å². The number of carbonyl (C=O) groups excluding carboxylic acids is 2. The number of thioether (sulfide) groups is 1. The van der Waals surface area contributed by atoms with Gasteiger partial charge < -0.3 is 14.4 Å². The number of esters is 2. The molecule has 0 aliphatic carbocycles. The van der Waals surface area contributed by atoms with Crippen LogP contribution >= 0.6 is 11.8 Å². The van der Waals surface area contributed by atoms with Crippen molar-refractivity contribution in [3.8, 4) is 0 Å². The Morgan fingerprint density at radius 1 is 1.00 bits per heavy atom. The van der Waals surface area contributed by atoms with Gasteiger partial charge in [0.25, 0.3) is 0 Å². The van der Waals surface area contributed by atoms with Crippen molar-refractivity contribution >= 4 is 23.7 Å². The molecular weight excluding hydrogens is 350 g/mol. The standard InChI is InChI=1S/C20H27NO4S/c1-5-24-19(22)17(21(3)4)12-13-18(20(23)25-6-2)26-15-14-16-10-8-7-9-11-16/h7-13H,5-6,14-15H2,1-4H3. The highest BCUT2D eigenvalue weighted by Crippen LogP contribution is 2.20. The smallest absolute Gasteiger partial charge is 0.354 e. The first-order valence-electron chi connectivity index (χ1n) is 8.59. The highest BCUT2D eigenvalue weighted by molar-refractivity contribution is 8.03. The Kier molecular flexibility index (Phi) is 10.2. The van der Waals surface area contributed by atoms with Crippen LogP contribution in [0.5, 0.6) is 0 Å². The number of benzene rings is 1. The maximum atomic E-state index is 12.2. The molecule has 142 valence electrons. The molecule has 0 amide bonds. The van der Waals surface area contributed by atoms with E-state index in [2.05, 4.69) is 12.1 Å². The molecule has 5 nitrogen and oxygen atoms in total. The van der Waals surface area contributed by atoms with Crippen LogP contribution in [0.15, 0.2) is 53.1 Å². The number of nitrogens with zero attached hydrogens (tertiary/aromatic N) is 1. The second kappa shape index (κ2) is 12.2. The second-order valence-corrected chi connectivity index (χ2v) is 6.64. The highest BCUT2D eigenvalue weighted by atomic mass is 32.2. The summed E-state index contributed by atoms with van der Waals surface area (Å²) < 4.78 is 10.2. The van der Waals surface area contributed by atoms with Crippen LogP contribution in [0.1, 0.15) is 19.4 Å². The van der Waals surface area contributed by atoms with Gasteiger partial charge in [-0.05, 0) is 38.0 Å². The van der Waals surface area contributed by atoms with Gasteiger partial charge in [0.05, 0.1) is 18.1 Å². The minimum Gasteiger partial charge on any atom is -0.462 e. The van der Waals surface area contributed by atoms with Crippen molar-refractivity contribution in [1.29, 1.82) is 0 Å². The van der Waals surface area contributed by atoms with Gasteiger partial charge in [0.15, 0.2) is 0 Å². The van der Waals surface area contributed by atoms with Crippen molar-refractivity contribution in [2.24, 2.45) is 0 Å². The van der Waals surface area contributed by atoms with Crippen molar-refractivity contribution in [2.75, 3.05) is 33.1 Å². The Morgan fingerprint density at radius 2 is 1.62 bits per heavy atom. The van der Waals surface area contributed by atoms with Crippen LogP contribution in [-0.4, -0.2) is 49.9 Å². The molecule has 0 N–H and O–H groups in total. The molecule has 0 bridgehead atoms. The lowest BCUT2D eigenvalue weighted by molar-refractivity contribution is -0.140. The third-order valence-electron chi connectivity index (χ3n) is 3.33. The fraction of sp³-hybridized carbons (Fsp3) is 0.400. The van der Waals surface area contributed by atoms with Crippen LogP contribution in [-0.2, 0) is 25.5 Å². The van der Waals surface area contributed by atoms with Gasteiger partial charge in [0.2, 0.25) is 0 Å².